The van der Waals surface area contributed by atoms with Gasteiger partial charge in [-0.25, -0.2) is 9.18 Å². The Hall–Kier alpha value is -1.64. The summed E-state index contributed by atoms with van der Waals surface area (Å²) in [4.78, 5) is 22.3. The third-order valence-corrected chi connectivity index (χ3v) is 2.71. The molecule has 0 aliphatic carbocycles. The summed E-state index contributed by atoms with van der Waals surface area (Å²) in [6, 6.07) is 1.08. The third-order valence-electron chi connectivity index (χ3n) is 2.21. The summed E-state index contributed by atoms with van der Waals surface area (Å²) in [6.45, 7) is 0. The van der Waals surface area contributed by atoms with Crippen LogP contribution in [0.25, 0.3) is 0 Å². The fraction of sp³-hybridized carbons (Fsp3) is 0.273. The number of alkyl halides is 3. The van der Waals surface area contributed by atoms with Crippen LogP contribution in [0.2, 0.25) is 0 Å². The molecule has 0 spiro atoms. The maximum absolute atomic E-state index is 13.4. The molecule has 9 heteroatoms. The lowest BCUT2D eigenvalue weighted by Crippen LogP contribution is -2.43. The number of halogens is 5. The second kappa shape index (κ2) is 6.21. The van der Waals surface area contributed by atoms with Crippen molar-refractivity contribution < 1.29 is 32.3 Å². The summed E-state index contributed by atoms with van der Waals surface area (Å²) in [7, 11) is 0. The first-order valence-corrected chi connectivity index (χ1v) is 5.95. The van der Waals surface area contributed by atoms with Gasteiger partial charge in [0, 0.05) is 4.47 Å². The molecule has 1 rings (SSSR count). The SMILES string of the molecule is O=C(NC(CC(F)(F)F)C(=O)O)c1cc(Br)ccc1F. The molecule has 0 aliphatic heterocycles. The van der Waals surface area contributed by atoms with E-state index in [2.05, 4.69) is 15.9 Å². The van der Waals surface area contributed by atoms with Crippen LogP contribution in [0.15, 0.2) is 22.7 Å². The lowest BCUT2D eigenvalue weighted by Gasteiger charge is -2.16. The minimum absolute atomic E-state index is 0.326. The van der Waals surface area contributed by atoms with Crippen molar-refractivity contribution in [3.05, 3.63) is 34.1 Å². The fourth-order valence-corrected chi connectivity index (χ4v) is 1.70. The fourth-order valence-electron chi connectivity index (χ4n) is 1.34. The molecule has 0 fully saturated rings. The number of carboxylic acids is 1. The highest BCUT2D eigenvalue weighted by Gasteiger charge is 2.36. The molecule has 110 valence electrons. The van der Waals surface area contributed by atoms with Gasteiger partial charge in [0.05, 0.1) is 12.0 Å². The number of carbonyl (C=O) groups is 2. The van der Waals surface area contributed by atoms with Crippen molar-refractivity contribution in [1.82, 2.24) is 5.32 Å². The van der Waals surface area contributed by atoms with E-state index in [1.54, 1.807) is 5.32 Å². The third kappa shape index (κ3) is 4.80. The van der Waals surface area contributed by atoms with E-state index in [1.807, 2.05) is 0 Å². The van der Waals surface area contributed by atoms with Crippen LogP contribution < -0.4 is 5.32 Å². The van der Waals surface area contributed by atoms with E-state index in [4.69, 9.17) is 5.11 Å². The quantitative estimate of drug-likeness (QED) is 0.814. The molecular weight excluding hydrogens is 350 g/mol. The Morgan fingerprint density at radius 2 is 1.95 bits per heavy atom. The highest BCUT2D eigenvalue weighted by molar-refractivity contribution is 9.10. The van der Waals surface area contributed by atoms with Crippen molar-refractivity contribution in [2.24, 2.45) is 0 Å². The normalized spacial score (nSPS) is 12.8. The van der Waals surface area contributed by atoms with Crippen molar-refractivity contribution in [3.8, 4) is 0 Å². The van der Waals surface area contributed by atoms with Crippen molar-refractivity contribution in [1.29, 1.82) is 0 Å². The summed E-state index contributed by atoms with van der Waals surface area (Å²) in [5.41, 5.74) is -0.548. The van der Waals surface area contributed by atoms with Crippen LogP contribution in [-0.2, 0) is 4.79 Å². The van der Waals surface area contributed by atoms with Gasteiger partial charge in [0.15, 0.2) is 0 Å². The molecule has 0 saturated carbocycles. The molecule has 0 saturated heterocycles. The molecule has 0 aromatic heterocycles. The van der Waals surface area contributed by atoms with Crippen LogP contribution in [0.1, 0.15) is 16.8 Å². The number of aliphatic carboxylic acids is 1. The van der Waals surface area contributed by atoms with E-state index in [9.17, 15) is 27.2 Å². The zero-order chi connectivity index (χ0) is 15.5. The van der Waals surface area contributed by atoms with E-state index in [1.165, 1.54) is 6.07 Å². The minimum atomic E-state index is -4.77. The molecule has 1 aromatic carbocycles. The van der Waals surface area contributed by atoms with Crippen LogP contribution in [0, 0.1) is 5.82 Å². The van der Waals surface area contributed by atoms with Crippen LogP contribution in [0.4, 0.5) is 17.6 Å². The van der Waals surface area contributed by atoms with Crippen LogP contribution >= 0.6 is 15.9 Å². The predicted molar refractivity (Wildman–Crippen MR) is 63.7 cm³/mol. The number of benzene rings is 1. The molecule has 4 nitrogen and oxygen atoms in total. The van der Waals surface area contributed by atoms with Crippen LogP contribution in [0.5, 0.6) is 0 Å². The number of rotatable bonds is 4. The van der Waals surface area contributed by atoms with E-state index < -0.39 is 41.9 Å². The monoisotopic (exact) mass is 357 g/mol. The molecule has 0 heterocycles. The minimum Gasteiger partial charge on any atom is -0.480 e. The standard InChI is InChI=1S/C11H8BrF4NO3/c12-5-1-2-7(13)6(3-5)9(18)17-8(10(19)20)4-11(14,15)16/h1-3,8H,4H2,(H,17,18)(H,19,20). The van der Waals surface area contributed by atoms with E-state index in [0.717, 1.165) is 12.1 Å². The zero-order valence-electron chi connectivity index (χ0n) is 9.67. The summed E-state index contributed by atoms with van der Waals surface area (Å²) in [6.07, 6.45) is -6.52. The second-order valence-electron chi connectivity index (χ2n) is 3.81. The Morgan fingerprint density at radius 1 is 1.35 bits per heavy atom. The van der Waals surface area contributed by atoms with Crippen molar-refractivity contribution in [3.63, 3.8) is 0 Å². The Balaban J connectivity index is 2.91. The Morgan fingerprint density at radius 3 is 2.45 bits per heavy atom. The highest BCUT2D eigenvalue weighted by Crippen LogP contribution is 2.22. The van der Waals surface area contributed by atoms with Gasteiger partial charge in [-0.3, -0.25) is 4.79 Å². The van der Waals surface area contributed by atoms with E-state index in [0.29, 0.717) is 4.47 Å². The first-order chi connectivity index (χ1) is 9.10. The molecule has 1 aromatic rings. The topological polar surface area (TPSA) is 66.4 Å². The molecule has 0 aliphatic rings. The first kappa shape index (κ1) is 16.4. The zero-order valence-corrected chi connectivity index (χ0v) is 11.3. The second-order valence-corrected chi connectivity index (χ2v) is 4.72. The van der Waals surface area contributed by atoms with Gasteiger partial charge in [-0.15, -0.1) is 0 Å². The van der Waals surface area contributed by atoms with Gasteiger partial charge in [0.1, 0.15) is 11.9 Å². The van der Waals surface area contributed by atoms with Crippen LogP contribution in [0.3, 0.4) is 0 Å². The molecular formula is C11H8BrF4NO3. The molecule has 0 radical (unpaired) electrons. The van der Waals surface area contributed by atoms with Gasteiger partial charge in [-0.05, 0) is 18.2 Å². The number of carbonyl (C=O) groups excluding carboxylic acids is 1. The number of carboxylic acid groups (broad SMARTS) is 1. The number of amides is 1. The first-order valence-electron chi connectivity index (χ1n) is 5.15. The summed E-state index contributed by atoms with van der Waals surface area (Å²) in [5.74, 6) is -4.06. The Labute approximate surface area is 118 Å². The molecule has 1 amide bonds. The summed E-state index contributed by atoms with van der Waals surface area (Å²) in [5, 5.41) is 10.3. The predicted octanol–water partition coefficient (Wildman–Crippen LogP) is 2.72. The molecule has 1 unspecified atom stereocenters. The van der Waals surface area contributed by atoms with Gasteiger partial charge in [0.25, 0.3) is 5.91 Å². The Bertz CT molecular complexity index is 533. The number of hydrogen-bond donors (Lipinski definition) is 2. The van der Waals surface area contributed by atoms with E-state index in [-0.39, 0.29) is 0 Å². The van der Waals surface area contributed by atoms with Gasteiger partial charge in [-0.2, -0.15) is 13.2 Å². The maximum Gasteiger partial charge on any atom is 0.391 e. The van der Waals surface area contributed by atoms with Crippen molar-refractivity contribution >= 4 is 27.8 Å². The molecule has 20 heavy (non-hydrogen) atoms. The average molecular weight is 358 g/mol. The van der Waals surface area contributed by atoms with Crippen molar-refractivity contribution in [2.45, 2.75) is 18.6 Å². The van der Waals surface area contributed by atoms with Gasteiger partial charge < -0.3 is 10.4 Å². The summed E-state index contributed by atoms with van der Waals surface area (Å²) >= 11 is 2.97. The Kier molecular flexibility index (Phi) is 5.09. The van der Waals surface area contributed by atoms with Crippen molar-refractivity contribution in [2.75, 3.05) is 0 Å². The van der Waals surface area contributed by atoms with Gasteiger partial charge in [0.2, 0.25) is 0 Å². The largest absolute Gasteiger partial charge is 0.480 e. The maximum atomic E-state index is 13.4. The van der Waals surface area contributed by atoms with Gasteiger partial charge >= 0.3 is 12.1 Å². The van der Waals surface area contributed by atoms with Gasteiger partial charge in [-0.1, -0.05) is 15.9 Å². The summed E-state index contributed by atoms with van der Waals surface area (Å²) < 4.78 is 50.2. The number of nitrogens with one attached hydrogen (secondary N) is 1. The lowest BCUT2D eigenvalue weighted by atomic mass is 10.1. The average Bonchev–Trinajstić information content (AvgIpc) is 2.29. The van der Waals surface area contributed by atoms with E-state index >= 15 is 0 Å². The highest BCUT2D eigenvalue weighted by atomic mass is 79.9. The molecule has 0 bridgehead atoms. The molecule has 2 N–H and O–H groups in total. The smallest absolute Gasteiger partial charge is 0.391 e. The molecule has 1 atom stereocenters. The number of hydrogen-bond acceptors (Lipinski definition) is 2. The van der Waals surface area contributed by atoms with Crippen LogP contribution in [-0.4, -0.2) is 29.2 Å². The lowest BCUT2D eigenvalue weighted by molar-refractivity contribution is -0.157.